The van der Waals surface area contributed by atoms with Crippen molar-refractivity contribution in [3.8, 4) is 0 Å². The number of carbonyl (C=O) groups is 1. The Morgan fingerprint density at radius 3 is 2.58 bits per heavy atom. The number of fused-ring (bicyclic) bond motifs is 1. The molecule has 1 amide bonds. The number of carbonyl (C=O) groups excluding carboxylic acids is 1. The standard InChI is InChI=1S/C19H20N2O2S/c22-18(20-13-12-15-7-2-1-3-8-15)11-6-14-21-19(23)16-9-4-5-10-17(16)24-21/h1-5,7-10H,6,11-14H2,(H,20,22). The zero-order chi connectivity index (χ0) is 16.8. The molecule has 0 aliphatic rings. The van der Waals surface area contributed by atoms with E-state index in [9.17, 15) is 9.59 Å². The summed E-state index contributed by atoms with van der Waals surface area (Å²) < 4.78 is 2.73. The second-order valence-electron chi connectivity index (χ2n) is 5.68. The molecule has 0 aliphatic carbocycles. The van der Waals surface area contributed by atoms with E-state index in [1.54, 1.807) is 3.96 Å². The molecular weight excluding hydrogens is 320 g/mol. The van der Waals surface area contributed by atoms with E-state index >= 15 is 0 Å². The predicted octanol–water partition coefficient (Wildman–Crippen LogP) is 3.20. The first kappa shape index (κ1) is 16.5. The van der Waals surface area contributed by atoms with Gasteiger partial charge in [0.1, 0.15) is 0 Å². The quantitative estimate of drug-likeness (QED) is 0.718. The molecule has 24 heavy (non-hydrogen) atoms. The Hall–Kier alpha value is -2.40. The van der Waals surface area contributed by atoms with E-state index in [0.717, 1.165) is 16.5 Å². The molecule has 5 heteroatoms. The van der Waals surface area contributed by atoms with Crippen LogP contribution >= 0.6 is 11.5 Å². The lowest BCUT2D eigenvalue weighted by atomic mass is 10.1. The molecule has 124 valence electrons. The molecule has 0 unspecified atom stereocenters. The van der Waals surface area contributed by atoms with Crippen molar-refractivity contribution in [2.75, 3.05) is 6.54 Å². The highest BCUT2D eigenvalue weighted by Crippen LogP contribution is 2.16. The van der Waals surface area contributed by atoms with Crippen LogP contribution in [-0.4, -0.2) is 16.4 Å². The maximum absolute atomic E-state index is 12.2. The van der Waals surface area contributed by atoms with E-state index in [0.29, 0.717) is 25.9 Å². The van der Waals surface area contributed by atoms with Gasteiger partial charge >= 0.3 is 0 Å². The monoisotopic (exact) mass is 340 g/mol. The lowest BCUT2D eigenvalue weighted by Crippen LogP contribution is -2.26. The minimum absolute atomic E-state index is 0.0417. The predicted molar refractivity (Wildman–Crippen MR) is 98.5 cm³/mol. The van der Waals surface area contributed by atoms with Crippen molar-refractivity contribution >= 4 is 27.5 Å². The number of aryl methyl sites for hydroxylation is 1. The molecule has 0 fully saturated rings. The Kier molecular flexibility index (Phi) is 5.43. The van der Waals surface area contributed by atoms with Gasteiger partial charge in [-0.3, -0.25) is 13.5 Å². The summed E-state index contributed by atoms with van der Waals surface area (Å²) in [5.41, 5.74) is 1.26. The molecule has 0 saturated carbocycles. The Morgan fingerprint density at radius 1 is 1.04 bits per heavy atom. The summed E-state index contributed by atoms with van der Waals surface area (Å²) in [6.45, 7) is 1.23. The van der Waals surface area contributed by atoms with Gasteiger partial charge in [0.15, 0.2) is 0 Å². The van der Waals surface area contributed by atoms with E-state index in [2.05, 4.69) is 17.4 Å². The lowest BCUT2D eigenvalue weighted by Gasteiger charge is -2.05. The third-order valence-corrected chi connectivity index (χ3v) is 5.02. The van der Waals surface area contributed by atoms with Crippen LogP contribution in [0.4, 0.5) is 0 Å². The van der Waals surface area contributed by atoms with Crippen molar-refractivity contribution < 1.29 is 4.79 Å². The summed E-state index contributed by atoms with van der Waals surface area (Å²) in [7, 11) is 0. The molecule has 1 aromatic heterocycles. The third-order valence-electron chi connectivity index (χ3n) is 3.90. The average molecular weight is 340 g/mol. The number of amides is 1. The molecule has 0 aliphatic heterocycles. The maximum Gasteiger partial charge on any atom is 0.268 e. The summed E-state index contributed by atoms with van der Waals surface area (Å²) in [6, 6.07) is 17.7. The molecule has 3 aromatic rings. The Bertz CT molecular complexity index is 868. The van der Waals surface area contributed by atoms with E-state index in [1.165, 1.54) is 17.1 Å². The Labute approximate surface area is 144 Å². The van der Waals surface area contributed by atoms with Crippen LogP contribution in [0, 0.1) is 0 Å². The number of hydrogen-bond acceptors (Lipinski definition) is 3. The van der Waals surface area contributed by atoms with Crippen LogP contribution in [0.15, 0.2) is 59.4 Å². The number of hydrogen-bond donors (Lipinski definition) is 1. The average Bonchev–Trinajstić information content (AvgIpc) is 2.92. The number of rotatable bonds is 7. The second kappa shape index (κ2) is 7.93. The van der Waals surface area contributed by atoms with Crippen LogP contribution in [0.5, 0.6) is 0 Å². The fraction of sp³-hybridized carbons (Fsp3) is 0.263. The molecule has 2 aromatic carbocycles. The van der Waals surface area contributed by atoms with E-state index in [-0.39, 0.29) is 11.5 Å². The molecule has 1 N–H and O–H groups in total. The summed E-state index contributed by atoms with van der Waals surface area (Å²) in [5, 5.41) is 3.69. The summed E-state index contributed by atoms with van der Waals surface area (Å²) >= 11 is 1.46. The second-order valence-corrected chi connectivity index (χ2v) is 6.75. The van der Waals surface area contributed by atoms with Crippen molar-refractivity contribution in [1.29, 1.82) is 0 Å². The smallest absolute Gasteiger partial charge is 0.268 e. The van der Waals surface area contributed by atoms with Gasteiger partial charge in [0.05, 0.1) is 10.1 Å². The van der Waals surface area contributed by atoms with Gasteiger partial charge in [-0.05, 0) is 30.5 Å². The van der Waals surface area contributed by atoms with Crippen molar-refractivity contribution in [3.05, 3.63) is 70.5 Å². The van der Waals surface area contributed by atoms with Gasteiger partial charge in [0, 0.05) is 19.5 Å². The number of benzene rings is 2. The summed E-state index contributed by atoms with van der Waals surface area (Å²) in [5.74, 6) is 0.0418. The zero-order valence-electron chi connectivity index (χ0n) is 13.4. The van der Waals surface area contributed by atoms with Crippen molar-refractivity contribution in [3.63, 3.8) is 0 Å². The molecule has 0 bridgehead atoms. The fourth-order valence-electron chi connectivity index (χ4n) is 2.63. The van der Waals surface area contributed by atoms with Gasteiger partial charge in [-0.15, -0.1) is 0 Å². The molecule has 0 spiro atoms. The zero-order valence-corrected chi connectivity index (χ0v) is 14.2. The topological polar surface area (TPSA) is 51.1 Å². The first-order valence-electron chi connectivity index (χ1n) is 8.13. The van der Waals surface area contributed by atoms with Crippen LogP contribution in [0.25, 0.3) is 10.1 Å². The minimum Gasteiger partial charge on any atom is -0.356 e. The summed E-state index contributed by atoms with van der Waals surface area (Å²) in [4.78, 5) is 24.1. The number of nitrogens with one attached hydrogen (secondary N) is 1. The van der Waals surface area contributed by atoms with E-state index in [4.69, 9.17) is 0 Å². The summed E-state index contributed by atoms with van der Waals surface area (Å²) in [6.07, 6.45) is 1.95. The highest BCUT2D eigenvalue weighted by molar-refractivity contribution is 7.13. The molecule has 0 saturated heterocycles. The van der Waals surface area contributed by atoms with E-state index < -0.39 is 0 Å². The fourth-order valence-corrected chi connectivity index (χ4v) is 3.66. The van der Waals surface area contributed by atoms with Crippen molar-refractivity contribution in [2.45, 2.75) is 25.8 Å². The van der Waals surface area contributed by atoms with Crippen LogP contribution in [-0.2, 0) is 17.8 Å². The van der Waals surface area contributed by atoms with E-state index in [1.807, 2.05) is 42.5 Å². The van der Waals surface area contributed by atoms with Gasteiger partial charge in [-0.25, -0.2) is 0 Å². The SMILES string of the molecule is O=C(CCCn1sc2ccccc2c1=O)NCCc1ccccc1. The van der Waals surface area contributed by atoms with Crippen molar-refractivity contribution in [1.82, 2.24) is 9.27 Å². The van der Waals surface area contributed by atoms with Crippen LogP contribution in [0.2, 0.25) is 0 Å². The third kappa shape index (κ3) is 4.11. The molecule has 3 rings (SSSR count). The first-order chi connectivity index (χ1) is 11.7. The highest BCUT2D eigenvalue weighted by Gasteiger charge is 2.07. The van der Waals surface area contributed by atoms with Gasteiger partial charge < -0.3 is 5.32 Å². The van der Waals surface area contributed by atoms with Gasteiger partial charge in [0.2, 0.25) is 5.91 Å². The number of nitrogens with zero attached hydrogens (tertiary/aromatic N) is 1. The minimum atomic E-state index is 0.0417. The molecule has 0 radical (unpaired) electrons. The highest BCUT2D eigenvalue weighted by atomic mass is 32.1. The lowest BCUT2D eigenvalue weighted by molar-refractivity contribution is -0.121. The van der Waals surface area contributed by atoms with Crippen LogP contribution in [0.1, 0.15) is 18.4 Å². The Balaban J connectivity index is 1.43. The maximum atomic E-state index is 12.2. The van der Waals surface area contributed by atoms with Gasteiger partial charge in [-0.2, -0.15) is 0 Å². The molecule has 0 atom stereocenters. The molecule has 4 nitrogen and oxygen atoms in total. The van der Waals surface area contributed by atoms with Crippen LogP contribution < -0.4 is 10.9 Å². The first-order valence-corrected chi connectivity index (χ1v) is 8.91. The largest absolute Gasteiger partial charge is 0.356 e. The number of aromatic nitrogens is 1. The normalized spacial score (nSPS) is 10.8. The Morgan fingerprint density at radius 2 is 1.79 bits per heavy atom. The van der Waals surface area contributed by atoms with Crippen LogP contribution in [0.3, 0.4) is 0 Å². The van der Waals surface area contributed by atoms with Crippen molar-refractivity contribution in [2.24, 2.45) is 0 Å². The van der Waals surface area contributed by atoms with Gasteiger partial charge in [0.25, 0.3) is 5.56 Å². The molecular formula is C19H20N2O2S. The van der Waals surface area contributed by atoms with Gasteiger partial charge in [-0.1, -0.05) is 54.0 Å². The molecule has 1 heterocycles.